The first-order chi connectivity index (χ1) is 27.8. The zero-order valence-corrected chi connectivity index (χ0v) is 38.4. The number of carbonyl (C=O) groups excluding carboxylic acids is 2. The van der Waals surface area contributed by atoms with Crippen molar-refractivity contribution in [3.05, 3.63) is 24.5 Å². The number of quaternary nitrogens is 1. The van der Waals surface area contributed by atoms with E-state index in [9.17, 15) is 29.3 Å². The van der Waals surface area contributed by atoms with Gasteiger partial charge in [0.15, 0.2) is 6.10 Å². The van der Waals surface area contributed by atoms with Crippen LogP contribution in [0, 0.1) is 11.8 Å². The van der Waals surface area contributed by atoms with Crippen LogP contribution in [-0.2, 0) is 32.7 Å². The van der Waals surface area contributed by atoms with Crippen LogP contribution in [-0.4, -0.2) is 97.2 Å². The normalized spacial score (nSPS) is 19.6. The lowest BCUT2D eigenvalue weighted by atomic mass is 9.88. The maximum absolute atomic E-state index is 12.6. The highest BCUT2D eigenvalue weighted by Crippen LogP contribution is 2.43. The highest BCUT2D eigenvalue weighted by molar-refractivity contribution is 7.47. The Labute approximate surface area is 353 Å². The summed E-state index contributed by atoms with van der Waals surface area (Å²) in [5.41, 5.74) is 0. The fourth-order valence-electron chi connectivity index (χ4n) is 7.27. The maximum Gasteiger partial charge on any atom is 0.472 e. The monoisotopic (exact) mass is 845 g/mol. The molecule has 1 unspecified atom stereocenters. The van der Waals surface area contributed by atoms with Crippen molar-refractivity contribution in [1.29, 1.82) is 0 Å². The molecule has 0 saturated heterocycles. The van der Waals surface area contributed by atoms with E-state index in [1.165, 1.54) is 77.0 Å². The molecule has 11 nitrogen and oxygen atoms in total. The van der Waals surface area contributed by atoms with Crippen molar-refractivity contribution in [3.8, 4) is 0 Å². The number of esters is 1. The average molecular weight is 845 g/mol. The molecule has 3 N–H and O–H groups in total. The largest absolute Gasteiger partial charge is 0.492 e. The minimum atomic E-state index is -4.32. The Morgan fingerprint density at radius 3 is 2.00 bits per heavy atom. The van der Waals surface area contributed by atoms with Crippen molar-refractivity contribution < 1.29 is 52.3 Å². The minimum Gasteiger partial charge on any atom is -0.492 e. The van der Waals surface area contributed by atoms with E-state index in [0.717, 1.165) is 57.8 Å². The molecule has 1 saturated carbocycles. The van der Waals surface area contributed by atoms with Gasteiger partial charge >= 0.3 is 13.8 Å². The maximum atomic E-state index is 12.6. The first-order valence-electron chi connectivity index (χ1n) is 23.2. The van der Waals surface area contributed by atoms with Crippen LogP contribution in [0.25, 0.3) is 0 Å². The molecule has 0 aromatic heterocycles. The van der Waals surface area contributed by atoms with Crippen molar-refractivity contribution in [1.82, 2.24) is 0 Å². The Balaban J connectivity index is 2.41. The van der Waals surface area contributed by atoms with Crippen molar-refractivity contribution in [2.45, 2.75) is 199 Å². The van der Waals surface area contributed by atoms with E-state index in [4.69, 9.17) is 18.5 Å². The van der Waals surface area contributed by atoms with Gasteiger partial charge in [-0.3, -0.25) is 18.6 Å². The van der Waals surface area contributed by atoms with Crippen LogP contribution in [0.4, 0.5) is 0 Å². The van der Waals surface area contributed by atoms with Crippen molar-refractivity contribution in [2.75, 3.05) is 47.5 Å². The summed E-state index contributed by atoms with van der Waals surface area (Å²) >= 11 is 0. The number of aliphatic hydroxyl groups is 2. The number of ether oxygens (including phenoxy) is 2. The second-order valence-corrected chi connectivity index (χ2v) is 19.1. The summed E-state index contributed by atoms with van der Waals surface area (Å²) in [6.45, 7) is 4.55. The van der Waals surface area contributed by atoms with Gasteiger partial charge in [0.2, 0.25) is 0 Å². The number of likely N-dealkylation sites (N-methyl/N-ethyl adjacent to an activating group) is 1. The quantitative estimate of drug-likeness (QED) is 0.0136. The average Bonchev–Trinajstić information content (AvgIpc) is 3.44. The fraction of sp³-hybridized carbons (Fsp3) is 0.870. The molecule has 0 spiro atoms. The molecule has 0 aromatic rings. The number of allylic oxidation sites excluding steroid dienone is 2. The number of hydrogen-bond donors (Lipinski definition) is 3. The summed E-state index contributed by atoms with van der Waals surface area (Å²) in [5.74, 6) is -0.871. The van der Waals surface area contributed by atoms with Crippen LogP contribution in [0.3, 0.4) is 0 Å². The minimum absolute atomic E-state index is 0.0274. The Morgan fingerprint density at radius 2 is 1.38 bits per heavy atom. The molecule has 1 rings (SSSR count). The van der Waals surface area contributed by atoms with Gasteiger partial charge in [-0.1, -0.05) is 148 Å². The number of phosphoric acid groups is 1. The summed E-state index contributed by atoms with van der Waals surface area (Å²) in [6, 6.07) is 0. The summed E-state index contributed by atoms with van der Waals surface area (Å²) in [5, 5.41) is 20.8. The smallest absolute Gasteiger partial charge is 0.472 e. The molecule has 0 aromatic carbocycles. The third-order valence-corrected chi connectivity index (χ3v) is 12.0. The zero-order chi connectivity index (χ0) is 42.9. The van der Waals surface area contributed by atoms with Crippen LogP contribution in [0.15, 0.2) is 24.5 Å². The van der Waals surface area contributed by atoms with Gasteiger partial charge in [0.25, 0.3) is 0 Å². The third kappa shape index (κ3) is 30.4. The van der Waals surface area contributed by atoms with Crippen LogP contribution < -0.4 is 0 Å². The van der Waals surface area contributed by atoms with Crippen molar-refractivity contribution in [3.63, 3.8) is 0 Å². The van der Waals surface area contributed by atoms with Gasteiger partial charge in [0, 0.05) is 18.8 Å². The number of ketones is 1. The van der Waals surface area contributed by atoms with Crippen LogP contribution in [0.5, 0.6) is 0 Å². The first kappa shape index (κ1) is 54.4. The highest BCUT2D eigenvalue weighted by Gasteiger charge is 2.39. The van der Waals surface area contributed by atoms with E-state index < -0.39 is 26.1 Å². The predicted octanol–water partition coefficient (Wildman–Crippen LogP) is 10.5. The molecule has 6 atom stereocenters. The molecule has 12 heteroatoms. The number of aliphatic hydroxyl groups excluding tert-OH is 2. The molecular weight excluding hydrogens is 757 g/mol. The number of phosphoric ester groups is 1. The molecule has 0 aliphatic heterocycles. The molecule has 1 aliphatic carbocycles. The number of carbonyl (C=O) groups is 2. The topological polar surface area (TPSA) is 149 Å². The molecule has 0 heterocycles. The molecule has 0 amide bonds. The fourth-order valence-corrected chi connectivity index (χ4v) is 8.01. The molecule has 1 fully saturated rings. The number of unbranched alkanes of at least 4 members (excludes halogenated alkanes) is 19. The number of hydrogen-bond acceptors (Lipinski definition) is 9. The van der Waals surface area contributed by atoms with E-state index in [1.807, 2.05) is 27.2 Å². The molecular formula is C46H87NO10P+. The Hall–Kier alpha value is -1.59. The van der Waals surface area contributed by atoms with Gasteiger partial charge in [-0.15, -0.1) is 0 Å². The van der Waals surface area contributed by atoms with Gasteiger partial charge in [-0.2, -0.15) is 0 Å². The standard InChI is InChI=1S/C46H86NO10P/c1-6-8-10-11-12-13-14-15-16-17-18-19-20-21-24-28-35-54-41(39-57-58(52,53)56-36-34-47(3,4)5)38-55-46(51)31-27-23-22-26-30-42-43(45(50)37-44(42)49)33-32-40(48)29-25-9-7-2/h28,32-33,35,40-44,48-49H,6-27,29-31,34,36-39H2,1-5H3/p+1/b33-32+,35-28-/t40-,41+,42+,43+,44-/m0/s1. The van der Waals surface area contributed by atoms with Gasteiger partial charge in [0.05, 0.1) is 46.2 Å². The van der Waals surface area contributed by atoms with E-state index >= 15 is 0 Å². The highest BCUT2D eigenvalue weighted by atomic mass is 31.2. The lowest BCUT2D eigenvalue weighted by Gasteiger charge is -2.24. The summed E-state index contributed by atoms with van der Waals surface area (Å²) in [6.07, 6.45) is 32.1. The SMILES string of the molecule is CCCCCCCCCCCCCCCC/C=C\O[C@H](COC(=O)CCCCCC[C@H]1[C@@H](O)CC(=O)[C@@H]1/C=C/[C@@H](O)CCCCC)COP(=O)(O)OCC[N+](C)(C)C. The first-order valence-corrected chi connectivity index (χ1v) is 24.7. The lowest BCUT2D eigenvalue weighted by Crippen LogP contribution is -2.37. The van der Waals surface area contributed by atoms with Crippen LogP contribution >= 0.6 is 7.82 Å². The Morgan fingerprint density at radius 1 is 0.810 bits per heavy atom. The predicted molar refractivity (Wildman–Crippen MR) is 234 cm³/mol. The lowest BCUT2D eigenvalue weighted by molar-refractivity contribution is -0.870. The van der Waals surface area contributed by atoms with Crippen LogP contribution in [0.1, 0.15) is 181 Å². The number of Topliss-reactive ketones (excluding diaryl/α,β-unsaturated/α-hetero) is 1. The van der Waals surface area contributed by atoms with Crippen molar-refractivity contribution in [2.24, 2.45) is 11.8 Å². The van der Waals surface area contributed by atoms with E-state index in [-0.39, 0.29) is 56.3 Å². The van der Waals surface area contributed by atoms with E-state index in [1.54, 1.807) is 18.4 Å². The molecule has 340 valence electrons. The second kappa shape index (κ2) is 34.0. The van der Waals surface area contributed by atoms with Gasteiger partial charge in [-0.25, -0.2) is 4.57 Å². The second-order valence-electron chi connectivity index (χ2n) is 17.6. The van der Waals surface area contributed by atoms with Gasteiger partial charge in [-0.05, 0) is 44.1 Å². The van der Waals surface area contributed by atoms with Gasteiger partial charge < -0.3 is 29.1 Å². The Kier molecular flexibility index (Phi) is 32.0. The molecule has 1 aliphatic rings. The van der Waals surface area contributed by atoms with Crippen molar-refractivity contribution >= 4 is 19.6 Å². The molecule has 58 heavy (non-hydrogen) atoms. The van der Waals surface area contributed by atoms with Crippen LogP contribution in [0.2, 0.25) is 0 Å². The summed E-state index contributed by atoms with van der Waals surface area (Å²) in [4.78, 5) is 35.4. The third-order valence-electron chi connectivity index (χ3n) is 11.0. The van der Waals surface area contributed by atoms with E-state index in [2.05, 4.69) is 13.8 Å². The Bertz CT molecular complexity index is 1140. The molecule has 0 radical (unpaired) electrons. The summed E-state index contributed by atoms with van der Waals surface area (Å²) < 4.78 is 34.8. The molecule has 0 bridgehead atoms. The number of nitrogens with zero attached hydrogens (tertiary/aromatic N) is 1. The summed E-state index contributed by atoms with van der Waals surface area (Å²) in [7, 11) is 1.55. The number of rotatable bonds is 39. The van der Waals surface area contributed by atoms with Gasteiger partial charge in [0.1, 0.15) is 25.5 Å². The van der Waals surface area contributed by atoms with E-state index in [0.29, 0.717) is 30.3 Å². The zero-order valence-electron chi connectivity index (χ0n) is 37.5.